The normalized spacial score (nSPS) is 21.3. The molecule has 2 heterocycles. The molecule has 0 aliphatic carbocycles. The highest BCUT2D eigenvalue weighted by Crippen LogP contribution is 2.28. The number of hydrogen-bond acceptors (Lipinski definition) is 8. The van der Waals surface area contributed by atoms with Gasteiger partial charge in [-0.15, -0.1) is 0 Å². The van der Waals surface area contributed by atoms with E-state index in [-0.39, 0.29) is 17.5 Å². The number of amides is 1. The first-order valence-corrected chi connectivity index (χ1v) is 13.6. The van der Waals surface area contributed by atoms with Crippen molar-refractivity contribution < 1.29 is 33.6 Å². The largest absolute Gasteiger partial charge is 0.503 e. The van der Waals surface area contributed by atoms with Crippen molar-refractivity contribution in [3.8, 4) is 17.2 Å². The second kappa shape index (κ2) is 14.3. The fourth-order valence-electron chi connectivity index (χ4n) is 4.73. The second-order valence-electron chi connectivity index (χ2n) is 9.70. The molecule has 1 aromatic heterocycles. The van der Waals surface area contributed by atoms with Gasteiger partial charge in [0.2, 0.25) is 0 Å². The minimum absolute atomic E-state index is 0.110. The number of para-hydroxylation sites is 1. The summed E-state index contributed by atoms with van der Waals surface area (Å²) < 4.78 is 23.6. The first-order chi connectivity index (χ1) is 19.5. The van der Waals surface area contributed by atoms with Crippen LogP contribution in [0.5, 0.6) is 17.2 Å². The highest BCUT2D eigenvalue weighted by molar-refractivity contribution is 5.97. The molecule has 2 aromatic carbocycles. The van der Waals surface area contributed by atoms with Crippen LogP contribution in [0.25, 0.3) is 0 Å². The number of aryl methyl sites for hydroxylation is 1. The van der Waals surface area contributed by atoms with Crippen molar-refractivity contribution in [2.45, 2.75) is 63.4 Å². The summed E-state index contributed by atoms with van der Waals surface area (Å²) in [6.07, 6.45) is 3.02. The number of nitrogens with zero attached hydrogens (tertiary/aromatic N) is 1. The predicted molar refractivity (Wildman–Crippen MR) is 148 cm³/mol. The fraction of sp³-hybridized carbons (Fsp3) is 0.387. The summed E-state index contributed by atoms with van der Waals surface area (Å²) in [5.41, 5.74) is 1.01. The standard InChI is InChI=1S/C31H36N2O7/c1-21-29(40-23-14-7-4-8-15-23)26(38-20-10-13-22-11-5-3-6-12-22)17-9-16-24(31(36)39-21)33-30(35)27-28(34)25(37-2)18-19-32-27/h3-8,11-12,14-15,18-19,21,24,26,29,34H,9-10,13,16-17,20H2,1-2H3,(H,33,35). The van der Waals surface area contributed by atoms with Crippen LogP contribution >= 0.6 is 0 Å². The van der Waals surface area contributed by atoms with Crippen LogP contribution in [-0.2, 0) is 20.7 Å². The van der Waals surface area contributed by atoms with Gasteiger partial charge in [0.05, 0.1) is 13.2 Å². The third-order valence-electron chi connectivity index (χ3n) is 6.82. The van der Waals surface area contributed by atoms with Gasteiger partial charge in [-0.25, -0.2) is 9.78 Å². The van der Waals surface area contributed by atoms with Gasteiger partial charge in [-0.3, -0.25) is 4.79 Å². The third kappa shape index (κ3) is 7.72. The molecule has 4 rings (SSSR count). The first-order valence-electron chi connectivity index (χ1n) is 13.6. The molecule has 4 atom stereocenters. The van der Waals surface area contributed by atoms with E-state index in [0.29, 0.717) is 31.6 Å². The summed E-state index contributed by atoms with van der Waals surface area (Å²) in [5, 5.41) is 13.0. The van der Waals surface area contributed by atoms with Crippen LogP contribution in [0.15, 0.2) is 72.9 Å². The van der Waals surface area contributed by atoms with Crippen LogP contribution in [0.2, 0.25) is 0 Å². The number of cyclic esters (lactones) is 1. The molecule has 0 radical (unpaired) electrons. The van der Waals surface area contributed by atoms with Gasteiger partial charge >= 0.3 is 5.97 Å². The van der Waals surface area contributed by atoms with E-state index < -0.39 is 35.9 Å². The lowest BCUT2D eigenvalue weighted by Crippen LogP contribution is -2.46. The van der Waals surface area contributed by atoms with E-state index in [1.165, 1.54) is 24.9 Å². The Labute approximate surface area is 234 Å². The molecule has 3 aromatic rings. The molecule has 4 unspecified atom stereocenters. The number of hydrogen-bond donors (Lipinski definition) is 2. The third-order valence-corrected chi connectivity index (χ3v) is 6.82. The van der Waals surface area contributed by atoms with Crippen LogP contribution in [0, 0.1) is 0 Å². The lowest BCUT2D eigenvalue weighted by molar-refractivity contribution is -0.159. The molecule has 9 heteroatoms. The maximum atomic E-state index is 13.2. The van der Waals surface area contributed by atoms with Crippen LogP contribution < -0.4 is 14.8 Å². The Balaban J connectivity index is 1.46. The molecular weight excluding hydrogens is 512 g/mol. The van der Waals surface area contributed by atoms with Crippen molar-refractivity contribution in [1.29, 1.82) is 0 Å². The van der Waals surface area contributed by atoms with Crippen molar-refractivity contribution in [2.75, 3.05) is 13.7 Å². The number of benzene rings is 2. The van der Waals surface area contributed by atoms with Gasteiger partial charge in [-0.2, -0.15) is 0 Å². The Hall–Kier alpha value is -4.11. The molecule has 1 amide bonds. The summed E-state index contributed by atoms with van der Waals surface area (Å²) in [4.78, 5) is 30.1. The van der Waals surface area contributed by atoms with Crippen LogP contribution in [0.1, 0.15) is 48.7 Å². The summed E-state index contributed by atoms with van der Waals surface area (Å²) in [6, 6.07) is 20.1. The van der Waals surface area contributed by atoms with Crippen molar-refractivity contribution >= 4 is 11.9 Å². The van der Waals surface area contributed by atoms with E-state index in [0.717, 1.165) is 12.8 Å². The van der Waals surface area contributed by atoms with E-state index >= 15 is 0 Å². The quantitative estimate of drug-likeness (QED) is 0.282. The van der Waals surface area contributed by atoms with Crippen molar-refractivity contribution in [3.05, 3.63) is 84.2 Å². The Morgan fingerprint density at radius 3 is 2.52 bits per heavy atom. The van der Waals surface area contributed by atoms with Gasteiger partial charge in [-0.1, -0.05) is 48.5 Å². The van der Waals surface area contributed by atoms with Gasteiger partial charge in [0.1, 0.15) is 17.9 Å². The number of esters is 1. The van der Waals surface area contributed by atoms with Crippen LogP contribution in [0.4, 0.5) is 0 Å². The molecule has 1 aliphatic rings. The van der Waals surface area contributed by atoms with Gasteiger partial charge < -0.3 is 29.4 Å². The SMILES string of the molecule is COc1ccnc(C(=O)NC2CCCC(OCCCc3ccccc3)C(Oc3ccccc3)C(C)OC2=O)c1O. The first kappa shape index (κ1) is 28.9. The minimum Gasteiger partial charge on any atom is -0.503 e. The topological polar surface area (TPSA) is 116 Å². The lowest BCUT2D eigenvalue weighted by atomic mass is 10.0. The number of rotatable bonds is 10. The molecule has 0 saturated carbocycles. The van der Waals surface area contributed by atoms with E-state index in [4.69, 9.17) is 18.9 Å². The molecule has 0 spiro atoms. The minimum atomic E-state index is -0.934. The average molecular weight is 549 g/mol. The smallest absolute Gasteiger partial charge is 0.329 e. The fourth-order valence-corrected chi connectivity index (χ4v) is 4.73. The van der Waals surface area contributed by atoms with E-state index in [2.05, 4.69) is 22.4 Å². The summed E-state index contributed by atoms with van der Waals surface area (Å²) in [7, 11) is 1.38. The molecular formula is C31H36N2O7. The zero-order valence-corrected chi connectivity index (χ0v) is 22.8. The van der Waals surface area contributed by atoms with Gasteiger partial charge in [-0.05, 0) is 56.7 Å². The summed E-state index contributed by atoms with van der Waals surface area (Å²) >= 11 is 0. The Morgan fingerprint density at radius 2 is 1.80 bits per heavy atom. The number of pyridine rings is 1. The monoisotopic (exact) mass is 548 g/mol. The summed E-state index contributed by atoms with van der Waals surface area (Å²) in [6.45, 7) is 2.29. The number of carbonyl (C=O) groups is 2. The number of aromatic hydroxyl groups is 1. The molecule has 0 bridgehead atoms. The Bertz CT molecular complexity index is 1240. The Kier molecular flexibility index (Phi) is 10.3. The number of methoxy groups -OCH3 is 1. The number of ether oxygens (including phenoxy) is 4. The predicted octanol–water partition coefficient (Wildman–Crippen LogP) is 4.48. The van der Waals surface area contributed by atoms with Crippen molar-refractivity contribution in [1.82, 2.24) is 10.3 Å². The maximum Gasteiger partial charge on any atom is 0.329 e. The number of aromatic nitrogens is 1. The highest BCUT2D eigenvalue weighted by atomic mass is 16.6. The zero-order valence-electron chi connectivity index (χ0n) is 22.8. The molecule has 1 fully saturated rings. The molecule has 212 valence electrons. The number of carbonyl (C=O) groups excluding carboxylic acids is 2. The average Bonchev–Trinajstić information content (AvgIpc) is 3.02. The second-order valence-corrected chi connectivity index (χ2v) is 9.70. The zero-order chi connectivity index (χ0) is 28.3. The lowest BCUT2D eigenvalue weighted by Gasteiger charge is -2.31. The van der Waals surface area contributed by atoms with Gasteiger partial charge in [0.15, 0.2) is 23.3 Å². The van der Waals surface area contributed by atoms with E-state index in [1.54, 1.807) is 6.92 Å². The van der Waals surface area contributed by atoms with Crippen molar-refractivity contribution in [3.63, 3.8) is 0 Å². The highest BCUT2D eigenvalue weighted by Gasteiger charge is 2.36. The molecule has 9 nitrogen and oxygen atoms in total. The van der Waals surface area contributed by atoms with Crippen molar-refractivity contribution in [2.24, 2.45) is 0 Å². The molecule has 2 N–H and O–H groups in total. The molecule has 40 heavy (non-hydrogen) atoms. The van der Waals surface area contributed by atoms with E-state index in [9.17, 15) is 14.7 Å². The van der Waals surface area contributed by atoms with E-state index in [1.807, 2.05) is 48.5 Å². The van der Waals surface area contributed by atoms with Crippen LogP contribution in [0.3, 0.4) is 0 Å². The molecule has 1 aliphatic heterocycles. The number of nitrogens with one attached hydrogen (secondary N) is 1. The van der Waals surface area contributed by atoms with Crippen LogP contribution in [-0.4, -0.2) is 60.0 Å². The molecule has 1 saturated heterocycles. The maximum absolute atomic E-state index is 13.2. The van der Waals surface area contributed by atoms with Gasteiger partial charge in [0.25, 0.3) is 5.91 Å². The summed E-state index contributed by atoms with van der Waals surface area (Å²) in [5.74, 6) is -0.922. The van der Waals surface area contributed by atoms with Gasteiger partial charge in [0, 0.05) is 18.9 Å². The Morgan fingerprint density at radius 1 is 1.07 bits per heavy atom.